The van der Waals surface area contributed by atoms with Gasteiger partial charge in [-0.25, -0.2) is 0 Å². The summed E-state index contributed by atoms with van der Waals surface area (Å²) in [6, 6.07) is 10.3. The molecule has 1 aliphatic heterocycles. The number of hydrogen-bond acceptors (Lipinski definition) is 3. The molecule has 5 heteroatoms. The summed E-state index contributed by atoms with van der Waals surface area (Å²) in [5.74, 6) is 1.65. The number of carbonyl (C=O) groups excluding carboxylic acids is 1. The zero-order valence-electron chi connectivity index (χ0n) is 16.6. The van der Waals surface area contributed by atoms with Crippen molar-refractivity contribution in [1.82, 2.24) is 9.47 Å². The zero-order chi connectivity index (χ0) is 19.2. The Kier molecular flexibility index (Phi) is 6.43. The summed E-state index contributed by atoms with van der Waals surface area (Å²) in [4.78, 5) is 15.2. The maximum atomic E-state index is 13.1. The largest absolute Gasteiger partial charge is 0.493 e. The smallest absolute Gasteiger partial charge is 0.223 e. The van der Waals surface area contributed by atoms with Crippen LogP contribution in [0.4, 0.5) is 0 Å². The Balaban J connectivity index is 1.70. The Hall–Kier alpha value is -2.43. The number of aromatic nitrogens is 1. The minimum Gasteiger partial charge on any atom is -0.493 e. The molecule has 1 saturated heterocycles. The van der Waals surface area contributed by atoms with Crippen LogP contribution >= 0.6 is 0 Å². The van der Waals surface area contributed by atoms with Gasteiger partial charge in [-0.05, 0) is 49.1 Å². The van der Waals surface area contributed by atoms with Crippen molar-refractivity contribution in [2.75, 3.05) is 20.8 Å². The summed E-state index contributed by atoms with van der Waals surface area (Å²) in [6.07, 6.45) is 7.77. The van der Waals surface area contributed by atoms with E-state index in [-0.39, 0.29) is 11.9 Å². The van der Waals surface area contributed by atoms with Crippen molar-refractivity contribution in [3.05, 3.63) is 47.8 Å². The van der Waals surface area contributed by atoms with Crippen molar-refractivity contribution in [3.63, 3.8) is 0 Å². The van der Waals surface area contributed by atoms with Crippen LogP contribution in [-0.2, 0) is 18.3 Å². The molecule has 1 aliphatic rings. The summed E-state index contributed by atoms with van der Waals surface area (Å²) < 4.78 is 12.8. The van der Waals surface area contributed by atoms with Gasteiger partial charge in [0.2, 0.25) is 5.91 Å². The number of likely N-dealkylation sites (tertiary alicyclic amines) is 1. The first-order valence-corrected chi connectivity index (χ1v) is 9.75. The fraction of sp³-hybridized carbons (Fsp3) is 0.500. The average molecular weight is 370 g/mol. The molecule has 2 heterocycles. The maximum absolute atomic E-state index is 13.1. The highest BCUT2D eigenvalue weighted by molar-refractivity contribution is 5.77. The van der Waals surface area contributed by atoms with Gasteiger partial charge in [-0.2, -0.15) is 0 Å². The molecular formula is C22H30N2O3. The number of benzene rings is 1. The van der Waals surface area contributed by atoms with Crippen LogP contribution in [0.5, 0.6) is 11.5 Å². The van der Waals surface area contributed by atoms with Crippen molar-refractivity contribution in [3.8, 4) is 11.5 Å². The topological polar surface area (TPSA) is 43.7 Å². The molecule has 0 spiro atoms. The van der Waals surface area contributed by atoms with Gasteiger partial charge in [-0.3, -0.25) is 4.79 Å². The minimum atomic E-state index is 0.186. The maximum Gasteiger partial charge on any atom is 0.223 e. The van der Waals surface area contributed by atoms with Crippen LogP contribution in [0.15, 0.2) is 36.5 Å². The lowest BCUT2D eigenvalue weighted by Crippen LogP contribution is -2.35. The molecule has 1 fully saturated rings. The van der Waals surface area contributed by atoms with Crippen molar-refractivity contribution < 1.29 is 14.3 Å². The molecule has 3 rings (SSSR count). The molecular weight excluding hydrogens is 340 g/mol. The second-order valence-electron chi connectivity index (χ2n) is 7.19. The predicted octanol–water partition coefficient (Wildman–Crippen LogP) is 4.12. The Labute approximate surface area is 161 Å². The molecule has 0 N–H and O–H groups in total. The van der Waals surface area contributed by atoms with Gasteiger partial charge in [0.25, 0.3) is 0 Å². The summed E-state index contributed by atoms with van der Waals surface area (Å²) >= 11 is 0. The number of methoxy groups -OCH3 is 2. The molecule has 1 aromatic heterocycles. The number of hydrogen-bond donors (Lipinski definition) is 0. The zero-order valence-corrected chi connectivity index (χ0v) is 16.6. The molecule has 1 amide bonds. The Morgan fingerprint density at radius 1 is 1.11 bits per heavy atom. The van der Waals surface area contributed by atoms with Crippen molar-refractivity contribution >= 4 is 5.91 Å². The molecule has 1 aromatic carbocycles. The first-order valence-electron chi connectivity index (χ1n) is 9.75. The summed E-state index contributed by atoms with van der Waals surface area (Å²) in [5, 5.41) is 0. The summed E-state index contributed by atoms with van der Waals surface area (Å²) in [6.45, 7) is 0.848. The Bertz CT molecular complexity index is 769. The van der Waals surface area contributed by atoms with Gasteiger partial charge in [0, 0.05) is 31.9 Å². The number of rotatable bonds is 6. The lowest BCUT2D eigenvalue weighted by Gasteiger charge is -2.31. The normalized spacial score (nSPS) is 17.4. The van der Waals surface area contributed by atoms with Gasteiger partial charge in [-0.15, -0.1) is 0 Å². The first-order chi connectivity index (χ1) is 13.1. The highest BCUT2D eigenvalue weighted by Crippen LogP contribution is 2.32. The van der Waals surface area contributed by atoms with Crippen LogP contribution in [0.2, 0.25) is 0 Å². The molecule has 1 unspecified atom stereocenters. The molecule has 0 saturated carbocycles. The van der Waals surface area contributed by atoms with E-state index in [2.05, 4.69) is 34.8 Å². The molecule has 146 valence electrons. The van der Waals surface area contributed by atoms with Crippen LogP contribution in [0.25, 0.3) is 0 Å². The Morgan fingerprint density at radius 3 is 2.63 bits per heavy atom. The van der Waals surface area contributed by atoms with E-state index in [0.717, 1.165) is 24.9 Å². The van der Waals surface area contributed by atoms with Crippen LogP contribution in [0.1, 0.15) is 49.4 Å². The van der Waals surface area contributed by atoms with Gasteiger partial charge >= 0.3 is 0 Å². The molecule has 0 radical (unpaired) electrons. The highest BCUT2D eigenvalue weighted by atomic mass is 16.5. The van der Waals surface area contributed by atoms with E-state index in [1.165, 1.54) is 18.5 Å². The number of aryl methyl sites for hydroxylation is 2. The summed E-state index contributed by atoms with van der Waals surface area (Å²) in [5.41, 5.74) is 2.32. The summed E-state index contributed by atoms with van der Waals surface area (Å²) in [7, 11) is 5.32. The van der Waals surface area contributed by atoms with Gasteiger partial charge in [0.05, 0.1) is 20.3 Å². The SMILES string of the molecule is COc1ccc(CCC(=O)N2CCCCCC2c2cccn2C)cc1OC. The van der Waals surface area contributed by atoms with E-state index < -0.39 is 0 Å². The van der Waals surface area contributed by atoms with E-state index in [9.17, 15) is 4.79 Å². The molecule has 1 atom stereocenters. The second kappa shape index (κ2) is 8.98. The second-order valence-corrected chi connectivity index (χ2v) is 7.19. The minimum absolute atomic E-state index is 0.186. The number of nitrogens with zero attached hydrogens (tertiary/aromatic N) is 2. The van der Waals surface area contributed by atoms with Crippen molar-refractivity contribution in [2.45, 2.75) is 44.6 Å². The van der Waals surface area contributed by atoms with E-state index >= 15 is 0 Å². The quantitative estimate of drug-likeness (QED) is 0.768. The van der Waals surface area contributed by atoms with Crippen molar-refractivity contribution in [2.24, 2.45) is 7.05 Å². The molecule has 5 nitrogen and oxygen atoms in total. The van der Waals surface area contributed by atoms with Gasteiger partial charge < -0.3 is 18.9 Å². The first kappa shape index (κ1) is 19.3. The lowest BCUT2D eigenvalue weighted by atomic mass is 10.0. The molecule has 27 heavy (non-hydrogen) atoms. The molecule has 0 aliphatic carbocycles. The molecule has 0 bridgehead atoms. The third kappa shape index (κ3) is 4.46. The fourth-order valence-electron chi connectivity index (χ4n) is 3.97. The van der Waals surface area contributed by atoms with Crippen LogP contribution < -0.4 is 9.47 Å². The third-order valence-corrected chi connectivity index (χ3v) is 5.47. The number of ether oxygens (including phenoxy) is 2. The van der Waals surface area contributed by atoms with E-state index in [0.29, 0.717) is 24.3 Å². The third-order valence-electron chi connectivity index (χ3n) is 5.47. The van der Waals surface area contributed by atoms with Crippen LogP contribution in [-0.4, -0.2) is 36.1 Å². The predicted molar refractivity (Wildman–Crippen MR) is 106 cm³/mol. The van der Waals surface area contributed by atoms with E-state index in [4.69, 9.17) is 9.47 Å². The van der Waals surface area contributed by atoms with Crippen LogP contribution in [0, 0.1) is 0 Å². The highest BCUT2D eigenvalue weighted by Gasteiger charge is 2.27. The average Bonchev–Trinajstić information content (AvgIpc) is 2.97. The fourth-order valence-corrected chi connectivity index (χ4v) is 3.97. The van der Waals surface area contributed by atoms with Gasteiger partial charge in [0.1, 0.15) is 0 Å². The number of carbonyl (C=O) groups is 1. The van der Waals surface area contributed by atoms with E-state index in [1.807, 2.05) is 18.2 Å². The number of amides is 1. The lowest BCUT2D eigenvalue weighted by molar-refractivity contribution is -0.133. The van der Waals surface area contributed by atoms with E-state index in [1.54, 1.807) is 14.2 Å². The van der Waals surface area contributed by atoms with Gasteiger partial charge in [-0.1, -0.05) is 18.9 Å². The Morgan fingerprint density at radius 2 is 1.93 bits per heavy atom. The molecule has 2 aromatic rings. The monoisotopic (exact) mass is 370 g/mol. The standard InChI is InChI=1S/C22H30N2O3/c1-23-14-7-9-18(23)19-8-5-4-6-15-24(19)22(25)13-11-17-10-12-20(26-2)21(16-17)27-3/h7,9-10,12,14,16,19H,4-6,8,11,13,15H2,1-3H3. The van der Waals surface area contributed by atoms with Crippen LogP contribution in [0.3, 0.4) is 0 Å². The van der Waals surface area contributed by atoms with Crippen molar-refractivity contribution in [1.29, 1.82) is 0 Å². The van der Waals surface area contributed by atoms with Gasteiger partial charge in [0.15, 0.2) is 11.5 Å².